The Bertz CT molecular complexity index is 396. The van der Waals surface area contributed by atoms with E-state index in [9.17, 15) is 0 Å². The third kappa shape index (κ3) is 2.86. The molecule has 1 aromatic carbocycles. The molecule has 0 aliphatic heterocycles. The van der Waals surface area contributed by atoms with Gasteiger partial charge in [-0.05, 0) is 49.9 Å². The second kappa shape index (κ2) is 5.31. The molecule has 0 saturated heterocycles. The molecule has 0 radical (unpaired) electrons. The van der Waals surface area contributed by atoms with Crippen molar-refractivity contribution in [2.24, 2.45) is 5.92 Å². The van der Waals surface area contributed by atoms with Gasteiger partial charge in [-0.1, -0.05) is 31.4 Å². The summed E-state index contributed by atoms with van der Waals surface area (Å²) in [4.78, 5) is 0. The number of hydrogen-bond acceptors (Lipinski definition) is 2. The Morgan fingerprint density at radius 2 is 2.11 bits per heavy atom. The summed E-state index contributed by atoms with van der Waals surface area (Å²) in [5.74, 6) is 1.97. The normalized spacial score (nSPS) is 21.4. The first kappa shape index (κ1) is 12.0. The van der Waals surface area contributed by atoms with Crippen LogP contribution >= 0.6 is 0 Å². The van der Waals surface area contributed by atoms with E-state index in [0.29, 0.717) is 12.1 Å². The zero-order valence-corrected chi connectivity index (χ0v) is 11.2. The highest BCUT2D eigenvalue weighted by Gasteiger charge is 2.25. The molecule has 98 valence electrons. The van der Waals surface area contributed by atoms with Gasteiger partial charge in [-0.25, -0.2) is 0 Å². The number of rotatable bonds is 6. The van der Waals surface area contributed by atoms with Gasteiger partial charge >= 0.3 is 0 Å². The van der Waals surface area contributed by atoms with E-state index >= 15 is 0 Å². The average molecular weight is 245 g/mol. The lowest BCUT2D eigenvalue weighted by Gasteiger charge is -2.30. The summed E-state index contributed by atoms with van der Waals surface area (Å²) in [6, 6.07) is 9.13. The van der Waals surface area contributed by atoms with Gasteiger partial charge in [0.15, 0.2) is 0 Å². The van der Waals surface area contributed by atoms with Crippen molar-refractivity contribution >= 4 is 0 Å². The molecule has 0 heterocycles. The van der Waals surface area contributed by atoms with Crippen molar-refractivity contribution in [3.8, 4) is 5.75 Å². The van der Waals surface area contributed by atoms with Crippen LogP contribution in [0.1, 0.15) is 50.1 Å². The highest BCUT2D eigenvalue weighted by molar-refractivity contribution is 5.31. The van der Waals surface area contributed by atoms with E-state index in [1.165, 1.54) is 44.1 Å². The largest absolute Gasteiger partial charge is 0.490 e. The highest BCUT2D eigenvalue weighted by atomic mass is 16.5. The Hall–Kier alpha value is -1.02. The summed E-state index contributed by atoms with van der Waals surface area (Å²) in [5.41, 5.74) is 1.38. The third-order valence-corrected chi connectivity index (χ3v) is 4.23. The van der Waals surface area contributed by atoms with Crippen molar-refractivity contribution in [3.63, 3.8) is 0 Å². The van der Waals surface area contributed by atoms with Crippen LogP contribution in [0.5, 0.6) is 5.75 Å². The zero-order chi connectivity index (χ0) is 12.4. The number of benzene rings is 1. The van der Waals surface area contributed by atoms with Crippen LogP contribution in [0.15, 0.2) is 24.3 Å². The standard InChI is InChI=1S/C16H23NO/c1-17-16(10-12-4-2-5-12)13-6-3-7-15(11-13)18-14-8-9-14/h3,6-7,11-12,14,16-17H,2,4-5,8-10H2,1H3. The van der Waals surface area contributed by atoms with Crippen LogP contribution in [-0.4, -0.2) is 13.2 Å². The van der Waals surface area contributed by atoms with Gasteiger partial charge in [0.25, 0.3) is 0 Å². The Balaban J connectivity index is 1.67. The molecule has 2 nitrogen and oxygen atoms in total. The lowest BCUT2D eigenvalue weighted by molar-refractivity contribution is 0.264. The maximum Gasteiger partial charge on any atom is 0.120 e. The SMILES string of the molecule is CNC(CC1CCC1)c1cccc(OC2CC2)c1. The second-order valence-electron chi connectivity index (χ2n) is 5.76. The average Bonchev–Trinajstić information content (AvgIpc) is 3.12. The van der Waals surface area contributed by atoms with Gasteiger partial charge in [-0.2, -0.15) is 0 Å². The first-order valence-electron chi connectivity index (χ1n) is 7.29. The van der Waals surface area contributed by atoms with Crippen LogP contribution in [0.3, 0.4) is 0 Å². The molecule has 2 aliphatic carbocycles. The summed E-state index contributed by atoms with van der Waals surface area (Å²) in [7, 11) is 2.07. The number of hydrogen-bond donors (Lipinski definition) is 1. The molecule has 1 aromatic rings. The molecule has 0 spiro atoms. The molecular weight excluding hydrogens is 222 g/mol. The van der Waals surface area contributed by atoms with Crippen LogP contribution in [0.25, 0.3) is 0 Å². The minimum absolute atomic E-state index is 0.484. The van der Waals surface area contributed by atoms with Crippen molar-refractivity contribution in [1.82, 2.24) is 5.32 Å². The molecule has 0 bridgehead atoms. The van der Waals surface area contributed by atoms with Crippen molar-refractivity contribution in [2.75, 3.05) is 7.05 Å². The molecule has 1 N–H and O–H groups in total. The minimum atomic E-state index is 0.484. The van der Waals surface area contributed by atoms with Crippen molar-refractivity contribution in [1.29, 1.82) is 0 Å². The summed E-state index contributed by atoms with van der Waals surface area (Å²) >= 11 is 0. The molecule has 2 saturated carbocycles. The van der Waals surface area contributed by atoms with Crippen LogP contribution < -0.4 is 10.1 Å². The predicted octanol–water partition coefficient (Wildman–Crippen LogP) is 3.68. The van der Waals surface area contributed by atoms with E-state index in [2.05, 4.69) is 36.6 Å². The Morgan fingerprint density at radius 1 is 1.28 bits per heavy atom. The van der Waals surface area contributed by atoms with E-state index in [1.54, 1.807) is 0 Å². The van der Waals surface area contributed by atoms with E-state index in [4.69, 9.17) is 4.74 Å². The first-order chi connectivity index (χ1) is 8.85. The maximum atomic E-state index is 5.88. The topological polar surface area (TPSA) is 21.3 Å². The predicted molar refractivity (Wildman–Crippen MR) is 73.9 cm³/mol. The van der Waals surface area contributed by atoms with Gasteiger partial charge < -0.3 is 10.1 Å². The van der Waals surface area contributed by atoms with E-state index in [1.807, 2.05) is 0 Å². The second-order valence-corrected chi connectivity index (χ2v) is 5.76. The molecule has 0 amide bonds. The van der Waals surface area contributed by atoms with Gasteiger partial charge in [0.2, 0.25) is 0 Å². The van der Waals surface area contributed by atoms with Gasteiger partial charge in [0.1, 0.15) is 5.75 Å². The summed E-state index contributed by atoms with van der Waals surface area (Å²) in [5, 5.41) is 3.46. The van der Waals surface area contributed by atoms with Gasteiger partial charge in [0.05, 0.1) is 6.10 Å². The van der Waals surface area contributed by atoms with Crippen molar-refractivity contribution in [2.45, 2.75) is 50.7 Å². The third-order valence-electron chi connectivity index (χ3n) is 4.23. The molecule has 2 fully saturated rings. The molecule has 3 rings (SSSR count). The van der Waals surface area contributed by atoms with E-state index in [0.717, 1.165) is 11.7 Å². The first-order valence-corrected chi connectivity index (χ1v) is 7.29. The molecule has 18 heavy (non-hydrogen) atoms. The molecule has 2 heteroatoms. The van der Waals surface area contributed by atoms with Crippen LogP contribution in [0.2, 0.25) is 0 Å². The van der Waals surface area contributed by atoms with Crippen molar-refractivity contribution in [3.05, 3.63) is 29.8 Å². The van der Waals surface area contributed by atoms with Crippen LogP contribution in [0.4, 0.5) is 0 Å². The monoisotopic (exact) mass is 245 g/mol. The van der Waals surface area contributed by atoms with Crippen LogP contribution in [0, 0.1) is 5.92 Å². The number of ether oxygens (including phenoxy) is 1. The van der Waals surface area contributed by atoms with E-state index < -0.39 is 0 Å². The zero-order valence-electron chi connectivity index (χ0n) is 11.2. The lowest BCUT2D eigenvalue weighted by Crippen LogP contribution is -2.23. The molecule has 1 atom stereocenters. The highest BCUT2D eigenvalue weighted by Crippen LogP contribution is 2.35. The summed E-state index contributed by atoms with van der Waals surface area (Å²) < 4.78 is 5.88. The molecule has 2 aliphatic rings. The Morgan fingerprint density at radius 3 is 2.72 bits per heavy atom. The summed E-state index contributed by atoms with van der Waals surface area (Å²) in [6.07, 6.45) is 8.45. The summed E-state index contributed by atoms with van der Waals surface area (Å²) in [6.45, 7) is 0. The van der Waals surface area contributed by atoms with Gasteiger partial charge in [-0.15, -0.1) is 0 Å². The van der Waals surface area contributed by atoms with Crippen molar-refractivity contribution < 1.29 is 4.74 Å². The quantitative estimate of drug-likeness (QED) is 0.825. The fourth-order valence-corrected chi connectivity index (χ4v) is 2.67. The fraction of sp³-hybridized carbons (Fsp3) is 0.625. The smallest absolute Gasteiger partial charge is 0.120 e. The lowest BCUT2D eigenvalue weighted by atomic mass is 9.79. The van der Waals surface area contributed by atoms with Gasteiger partial charge in [0, 0.05) is 6.04 Å². The molecule has 1 unspecified atom stereocenters. The Kier molecular flexibility index (Phi) is 3.55. The number of nitrogens with one attached hydrogen (secondary N) is 1. The Labute approximate surface area is 110 Å². The molecule has 0 aromatic heterocycles. The fourth-order valence-electron chi connectivity index (χ4n) is 2.67. The van der Waals surface area contributed by atoms with Crippen LogP contribution in [-0.2, 0) is 0 Å². The maximum absolute atomic E-state index is 5.88. The minimum Gasteiger partial charge on any atom is -0.490 e. The van der Waals surface area contributed by atoms with E-state index in [-0.39, 0.29) is 0 Å². The molecular formula is C16H23NO. The van der Waals surface area contributed by atoms with Gasteiger partial charge in [-0.3, -0.25) is 0 Å².